The maximum atomic E-state index is 13.1. The molecule has 0 atom stereocenters. The number of nitrogens with zero attached hydrogens (tertiary/aromatic N) is 4. The molecule has 4 rings (SSSR count). The Kier molecular flexibility index (Phi) is 6.02. The van der Waals surface area contributed by atoms with Gasteiger partial charge in [-0.2, -0.15) is 0 Å². The Balaban J connectivity index is 1.51. The maximum Gasteiger partial charge on any atom is 0.229 e. The number of carbonyl (C=O) groups is 1. The first-order valence-electron chi connectivity index (χ1n) is 9.33. The molecular weight excluding hydrogens is 380 g/mol. The van der Waals surface area contributed by atoms with Crippen LogP contribution in [0.3, 0.4) is 0 Å². The molecule has 29 heavy (non-hydrogen) atoms. The van der Waals surface area contributed by atoms with Crippen LogP contribution >= 0.6 is 11.3 Å². The Morgan fingerprint density at radius 2 is 1.66 bits per heavy atom. The van der Waals surface area contributed by atoms with Crippen molar-refractivity contribution in [1.29, 1.82) is 0 Å². The molecular formula is C23H20N4OS. The van der Waals surface area contributed by atoms with Crippen LogP contribution < -0.4 is 0 Å². The molecule has 0 radical (unpaired) electrons. The third-order valence-electron chi connectivity index (χ3n) is 4.48. The first-order valence-corrected chi connectivity index (χ1v) is 10.2. The first kappa shape index (κ1) is 19.0. The lowest BCUT2D eigenvalue weighted by Gasteiger charge is -2.22. The number of benzene rings is 1. The number of aromatic nitrogens is 3. The van der Waals surface area contributed by atoms with Gasteiger partial charge in [0.2, 0.25) is 5.91 Å². The van der Waals surface area contributed by atoms with Gasteiger partial charge in [-0.05, 0) is 29.3 Å². The highest BCUT2D eigenvalue weighted by atomic mass is 32.1. The highest BCUT2D eigenvalue weighted by molar-refractivity contribution is 7.13. The second-order valence-corrected chi connectivity index (χ2v) is 7.51. The van der Waals surface area contributed by atoms with Crippen molar-refractivity contribution in [3.8, 4) is 10.6 Å². The minimum absolute atomic E-state index is 0.0376. The van der Waals surface area contributed by atoms with E-state index < -0.39 is 0 Å². The van der Waals surface area contributed by atoms with Gasteiger partial charge in [-0.15, -0.1) is 11.3 Å². The Morgan fingerprint density at radius 3 is 2.41 bits per heavy atom. The highest BCUT2D eigenvalue weighted by Crippen LogP contribution is 2.24. The molecule has 4 aromatic rings. The van der Waals surface area contributed by atoms with E-state index in [-0.39, 0.29) is 12.3 Å². The van der Waals surface area contributed by atoms with Gasteiger partial charge in [-0.3, -0.25) is 14.8 Å². The fraction of sp³-hybridized carbons (Fsp3) is 0.130. The number of amides is 1. The van der Waals surface area contributed by atoms with E-state index in [1.165, 1.54) is 0 Å². The number of carbonyl (C=O) groups excluding carboxylic acids is 1. The molecule has 0 saturated heterocycles. The normalized spacial score (nSPS) is 10.6. The molecule has 1 amide bonds. The zero-order chi connectivity index (χ0) is 19.9. The summed E-state index contributed by atoms with van der Waals surface area (Å²) in [5.74, 6) is 0.0376. The maximum absolute atomic E-state index is 13.1. The van der Waals surface area contributed by atoms with Crippen LogP contribution in [0, 0.1) is 0 Å². The van der Waals surface area contributed by atoms with Crippen LogP contribution in [0.15, 0.2) is 84.8 Å². The van der Waals surface area contributed by atoms with Crippen molar-refractivity contribution in [2.45, 2.75) is 19.5 Å². The molecule has 0 aliphatic rings. The van der Waals surface area contributed by atoms with E-state index in [2.05, 4.69) is 15.0 Å². The van der Waals surface area contributed by atoms with Crippen LogP contribution in [0.1, 0.15) is 16.8 Å². The molecule has 6 heteroatoms. The quantitative estimate of drug-likeness (QED) is 0.462. The smallest absolute Gasteiger partial charge is 0.229 e. The number of pyridine rings is 2. The third-order valence-corrected chi connectivity index (χ3v) is 5.42. The fourth-order valence-electron chi connectivity index (χ4n) is 3.02. The van der Waals surface area contributed by atoms with E-state index in [9.17, 15) is 4.79 Å². The zero-order valence-electron chi connectivity index (χ0n) is 15.8. The summed E-state index contributed by atoms with van der Waals surface area (Å²) in [6.45, 7) is 1.02. The summed E-state index contributed by atoms with van der Waals surface area (Å²) in [7, 11) is 0. The van der Waals surface area contributed by atoms with Gasteiger partial charge in [-0.1, -0.05) is 36.4 Å². The average molecular weight is 401 g/mol. The molecule has 0 aliphatic heterocycles. The zero-order valence-corrected chi connectivity index (χ0v) is 16.6. The molecule has 144 valence electrons. The lowest BCUT2D eigenvalue weighted by Crippen LogP contribution is -2.31. The topological polar surface area (TPSA) is 59.0 Å². The summed E-state index contributed by atoms with van der Waals surface area (Å²) >= 11 is 1.56. The van der Waals surface area contributed by atoms with Crippen molar-refractivity contribution in [2.75, 3.05) is 0 Å². The second-order valence-electron chi connectivity index (χ2n) is 6.65. The van der Waals surface area contributed by atoms with Gasteiger partial charge < -0.3 is 4.90 Å². The number of hydrogen-bond donors (Lipinski definition) is 0. The lowest BCUT2D eigenvalue weighted by atomic mass is 10.2. The van der Waals surface area contributed by atoms with Gasteiger partial charge in [0.05, 0.1) is 12.1 Å². The minimum atomic E-state index is 0.0376. The molecule has 0 bridgehead atoms. The standard InChI is InChI=1S/C23H20N4OS/c28-22(13-21-17-29-23(26-21)20-6-2-1-3-7-20)27(15-18-8-11-24-12-9-18)16-19-5-4-10-25-14-19/h1-12,14,17H,13,15-16H2. The second kappa shape index (κ2) is 9.21. The monoisotopic (exact) mass is 400 g/mol. The molecule has 5 nitrogen and oxygen atoms in total. The molecule has 0 saturated carbocycles. The van der Waals surface area contributed by atoms with E-state index in [1.807, 2.05) is 64.9 Å². The van der Waals surface area contributed by atoms with Gasteiger partial charge >= 0.3 is 0 Å². The van der Waals surface area contributed by atoms with Crippen LogP contribution in [0.4, 0.5) is 0 Å². The van der Waals surface area contributed by atoms with Crippen LogP contribution in [-0.2, 0) is 24.3 Å². The SMILES string of the molecule is O=C(Cc1csc(-c2ccccc2)n1)N(Cc1ccncc1)Cc1cccnc1. The fourth-order valence-corrected chi connectivity index (χ4v) is 3.85. The van der Waals surface area contributed by atoms with Gasteiger partial charge in [0.25, 0.3) is 0 Å². The molecule has 0 spiro atoms. The summed E-state index contributed by atoms with van der Waals surface area (Å²) in [5.41, 5.74) is 3.91. The molecule has 1 aromatic carbocycles. The summed E-state index contributed by atoms with van der Waals surface area (Å²) < 4.78 is 0. The van der Waals surface area contributed by atoms with E-state index in [0.717, 1.165) is 27.4 Å². The van der Waals surface area contributed by atoms with E-state index in [0.29, 0.717) is 13.1 Å². The van der Waals surface area contributed by atoms with E-state index in [1.54, 1.807) is 36.1 Å². The molecule has 0 N–H and O–H groups in total. The Bertz CT molecular complexity index is 1010. The Morgan fingerprint density at radius 1 is 0.862 bits per heavy atom. The molecule has 0 fully saturated rings. The van der Waals surface area contributed by atoms with Crippen molar-refractivity contribution in [1.82, 2.24) is 19.9 Å². The largest absolute Gasteiger partial charge is 0.334 e. The summed E-state index contributed by atoms with van der Waals surface area (Å²) in [5, 5.41) is 2.90. The Hall–Kier alpha value is -3.38. The van der Waals surface area contributed by atoms with Crippen LogP contribution in [-0.4, -0.2) is 25.8 Å². The summed E-state index contributed by atoms with van der Waals surface area (Å²) in [6, 6.07) is 17.8. The molecule has 0 unspecified atom stereocenters. The van der Waals surface area contributed by atoms with Crippen LogP contribution in [0.2, 0.25) is 0 Å². The van der Waals surface area contributed by atoms with Crippen molar-refractivity contribution in [3.63, 3.8) is 0 Å². The van der Waals surface area contributed by atoms with Gasteiger partial charge in [-0.25, -0.2) is 4.98 Å². The van der Waals surface area contributed by atoms with E-state index in [4.69, 9.17) is 0 Å². The van der Waals surface area contributed by atoms with Gasteiger partial charge in [0.1, 0.15) is 5.01 Å². The molecule has 3 heterocycles. The van der Waals surface area contributed by atoms with Crippen molar-refractivity contribution in [2.24, 2.45) is 0 Å². The minimum Gasteiger partial charge on any atom is -0.334 e. The number of thiazole rings is 1. The highest BCUT2D eigenvalue weighted by Gasteiger charge is 2.17. The van der Waals surface area contributed by atoms with Crippen LogP contribution in [0.5, 0.6) is 0 Å². The molecule has 3 aromatic heterocycles. The summed E-state index contributed by atoms with van der Waals surface area (Å²) in [4.78, 5) is 27.9. The van der Waals surface area contributed by atoms with Crippen molar-refractivity contribution < 1.29 is 4.79 Å². The average Bonchev–Trinajstić information content (AvgIpc) is 3.24. The van der Waals surface area contributed by atoms with Crippen molar-refractivity contribution >= 4 is 17.2 Å². The molecule has 0 aliphatic carbocycles. The number of rotatable bonds is 7. The predicted octanol–water partition coefficient (Wildman–Crippen LogP) is 4.37. The predicted molar refractivity (Wildman–Crippen MR) is 114 cm³/mol. The summed E-state index contributed by atoms with van der Waals surface area (Å²) in [6.07, 6.45) is 7.29. The van der Waals surface area contributed by atoms with Crippen molar-refractivity contribution in [3.05, 3.63) is 102 Å². The lowest BCUT2D eigenvalue weighted by molar-refractivity contribution is -0.131. The van der Waals surface area contributed by atoms with Gasteiger partial charge in [0, 0.05) is 48.8 Å². The van der Waals surface area contributed by atoms with E-state index >= 15 is 0 Å². The van der Waals surface area contributed by atoms with Crippen LogP contribution in [0.25, 0.3) is 10.6 Å². The third kappa shape index (κ3) is 5.12. The van der Waals surface area contributed by atoms with Gasteiger partial charge in [0.15, 0.2) is 0 Å². The number of hydrogen-bond acceptors (Lipinski definition) is 5. The first-order chi connectivity index (χ1) is 14.3. The Labute approximate surface area is 173 Å².